The number of alkyl halides is 2. The van der Waals surface area contributed by atoms with Crippen molar-refractivity contribution in [1.82, 2.24) is 0 Å². The van der Waals surface area contributed by atoms with E-state index in [0.717, 1.165) is 54.8 Å². The van der Waals surface area contributed by atoms with E-state index in [0.29, 0.717) is 11.3 Å². The first-order valence-corrected chi connectivity index (χ1v) is 10.8. The molecule has 0 heterocycles. The highest BCUT2D eigenvalue weighted by atomic mass is 19.1. The first-order valence-electron chi connectivity index (χ1n) is 10.8. The van der Waals surface area contributed by atoms with E-state index in [1.54, 1.807) is 0 Å². The molecule has 0 aromatic rings. The van der Waals surface area contributed by atoms with Crippen LogP contribution in [0.25, 0.3) is 0 Å². The second-order valence-corrected chi connectivity index (χ2v) is 9.92. The van der Waals surface area contributed by atoms with Crippen LogP contribution in [0.4, 0.5) is 8.78 Å². The fourth-order valence-corrected chi connectivity index (χ4v) is 8.00. The van der Waals surface area contributed by atoms with Crippen LogP contribution in [-0.2, 0) is 0 Å². The highest BCUT2D eigenvalue weighted by Gasteiger charge is 2.56. The van der Waals surface area contributed by atoms with E-state index in [2.05, 4.69) is 6.92 Å². The van der Waals surface area contributed by atoms with Crippen molar-refractivity contribution in [2.45, 2.75) is 77.6 Å². The van der Waals surface area contributed by atoms with Crippen molar-refractivity contribution < 1.29 is 8.78 Å². The van der Waals surface area contributed by atoms with Crippen molar-refractivity contribution in [2.75, 3.05) is 13.3 Å². The summed E-state index contributed by atoms with van der Waals surface area (Å²) in [6.45, 7) is 2.33. The highest BCUT2D eigenvalue weighted by Crippen LogP contribution is 2.65. The van der Waals surface area contributed by atoms with Gasteiger partial charge in [0.1, 0.15) is 0 Å². The number of halogens is 2. The summed E-state index contributed by atoms with van der Waals surface area (Å²) in [5.41, 5.74) is 0.499. The molecule has 8 unspecified atom stereocenters. The Kier molecular flexibility index (Phi) is 4.95. The van der Waals surface area contributed by atoms with E-state index < -0.39 is 0 Å². The van der Waals surface area contributed by atoms with Crippen LogP contribution in [0.3, 0.4) is 0 Å². The van der Waals surface area contributed by atoms with E-state index in [4.69, 9.17) is 0 Å². The average Bonchev–Trinajstić information content (AvgIpc) is 2.95. The van der Waals surface area contributed by atoms with Crippen molar-refractivity contribution in [3.05, 3.63) is 0 Å². The quantitative estimate of drug-likeness (QED) is 0.542. The molecule has 0 nitrogen and oxygen atoms in total. The molecule has 24 heavy (non-hydrogen) atoms. The molecule has 0 aromatic heterocycles. The van der Waals surface area contributed by atoms with E-state index in [-0.39, 0.29) is 13.3 Å². The molecule has 0 radical (unpaired) electrons. The van der Waals surface area contributed by atoms with E-state index >= 15 is 0 Å². The predicted molar refractivity (Wildman–Crippen MR) is 95.3 cm³/mol. The summed E-state index contributed by atoms with van der Waals surface area (Å²) in [4.78, 5) is 0. The summed E-state index contributed by atoms with van der Waals surface area (Å²) < 4.78 is 25.8. The Balaban J connectivity index is 1.47. The van der Waals surface area contributed by atoms with E-state index in [9.17, 15) is 8.78 Å². The van der Waals surface area contributed by atoms with Gasteiger partial charge in [-0.05, 0) is 117 Å². The lowest BCUT2D eigenvalue weighted by atomic mass is 9.49. The summed E-state index contributed by atoms with van der Waals surface area (Å²) in [7, 11) is 0. The fraction of sp³-hybridized carbons (Fsp3) is 1.00. The molecule has 0 aromatic carbocycles. The largest absolute Gasteiger partial charge is 0.251 e. The summed E-state index contributed by atoms with van der Waals surface area (Å²) in [6, 6.07) is 0. The zero-order chi connectivity index (χ0) is 16.7. The lowest BCUT2D eigenvalue weighted by molar-refractivity contribution is -0.0699. The third kappa shape index (κ3) is 2.75. The Bertz CT molecular complexity index is 436. The summed E-state index contributed by atoms with van der Waals surface area (Å²) in [5.74, 6) is 5.65. The predicted octanol–water partition coefficient (Wildman–Crippen LogP) is 6.59. The molecule has 0 amide bonds. The van der Waals surface area contributed by atoms with Gasteiger partial charge in [-0.1, -0.05) is 6.92 Å². The second-order valence-electron chi connectivity index (χ2n) is 9.92. The smallest absolute Gasteiger partial charge is 0.0922 e. The van der Waals surface area contributed by atoms with Gasteiger partial charge in [-0.2, -0.15) is 0 Å². The molecule has 138 valence electrons. The average molecular weight is 339 g/mol. The summed E-state index contributed by atoms with van der Waals surface area (Å²) >= 11 is 0. The maximum Gasteiger partial charge on any atom is 0.0922 e. The van der Waals surface area contributed by atoms with Gasteiger partial charge in [0, 0.05) is 0 Å². The monoisotopic (exact) mass is 338 g/mol. The zero-order valence-corrected chi connectivity index (χ0v) is 15.5. The number of hydrogen-bond acceptors (Lipinski definition) is 0. The molecule has 4 rings (SSSR count). The second kappa shape index (κ2) is 6.88. The van der Waals surface area contributed by atoms with Gasteiger partial charge in [0.05, 0.1) is 13.3 Å². The molecule has 0 saturated heterocycles. The topological polar surface area (TPSA) is 0 Å². The van der Waals surface area contributed by atoms with Crippen LogP contribution >= 0.6 is 0 Å². The van der Waals surface area contributed by atoms with Crippen LogP contribution in [-0.4, -0.2) is 13.3 Å². The Morgan fingerprint density at radius 1 is 0.875 bits per heavy atom. The molecule has 0 aliphatic heterocycles. The maximum atomic E-state index is 13.1. The van der Waals surface area contributed by atoms with Crippen molar-refractivity contribution in [1.29, 1.82) is 0 Å². The lowest BCUT2D eigenvalue weighted by Crippen LogP contribution is -2.48. The van der Waals surface area contributed by atoms with Crippen molar-refractivity contribution >= 4 is 0 Å². The summed E-state index contributed by atoms with van der Waals surface area (Å²) in [6.07, 6.45) is 13.8. The minimum atomic E-state index is -0.136. The number of rotatable bonds is 4. The normalized spacial score (nSPS) is 50.9. The third-order valence-corrected chi connectivity index (χ3v) is 9.16. The Labute approximate surface area is 147 Å². The molecule has 4 aliphatic rings. The molecular formula is C22H36F2. The molecule has 2 heteroatoms. The first kappa shape index (κ1) is 17.3. The van der Waals surface area contributed by atoms with Crippen molar-refractivity contribution in [3.8, 4) is 0 Å². The summed E-state index contributed by atoms with van der Waals surface area (Å²) in [5, 5.41) is 0. The van der Waals surface area contributed by atoms with Crippen molar-refractivity contribution in [3.63, 3.8) is 0 Å². The van der Waals surface area contributed by atoms with Crippen LogP contribution in [0.15, 0.2) is 0 Å². The van der Waals surface area contributed by atoms with Gasteiger partial charge in [0.15, 0.2) is 0 Å². The SMILES string of the molecule is CC12CCC3C4CCC(CF)CC4CCC3C1CCC2CCCF. The molecular weight excluding hydrogens is 302 g/mol. The Morgan fingerprint density at radius 2 is 1.71 bits per heavy atom. The molecule has 8 atom stereocenters. The zero-order valence-electron chi connectivity index (χ0n) is 15.5. The van der Waals surface area contributed by atoms with Gasteiger partial charge in [-0.25, -0.2) is 0 Å². The minimum absolute atomic E-state index is 0.0890. The Hall–Kier alpha value is -0.140. The fourth-order valence-electron chi connectivity index (χ4n) is 8.00. The van der Waals surface area contributed by atoms with Crippen LogP contribution in [0.5, 0.6) is 0 Å². The number of fused-ring (bicyclic) bond motifs is 5. The van der Waals surface area contributed by atoms with Crippen LogP contribution in [0.1, 0.15) is 77.6 Å². The van der Waals surface area contributed by atoms with Gasteiger partial charge in [-0.15, -0.1) is 0 Å². The van der Waals surface area contributed by atoms with Crippen LogP contribution in [0.2, 0.25) is 0 Å². The van der Waals surface area contributed by atoms with Gasteiger partial charge in [0.2, 0.25) is 0 Å². The van der Waals surface area contributed by atoms with Gasteiger partial charge >= 0.3 is 0 Å². The molecule has 4 saturated carbocycles. The third-order valence-electron chi connectivity index (χ3n) is 9.16. The molecule has 0 bridgehead atoms. The van der Waals surface area contributed by atoms with Crippen molar-refractivity contribution in [2.24, 2.45) is 46.8 Å². The molecule has 4 aliphatic carbocycles. The van der Waals surface area contributed by atoms with Crippen LogP contribution < -0.4 is 0 Å². The van der Waals surface area contributed by atoms with Crippen LogP contribution in [0, 0.1) is 46.8 Å². The minimum Gasteiger partial charge on any atom is -0.251 e. The number of hydrogen-bond donors (Lipinski definition) is 0. The van der Waals surface area contributed by atoms with Gasteiger partial charge in [0.25, 0.3) is 0 Å². The van der Waals surface area contributed by atoms with E-state index in [1.807, 2.05) is 0 Å². The maximum absolute atomic E-state index is 13.1. The van der Waals surface area contributed by atoms with Gasteiger partial charge in [-0.3, -0.25) is 8.78 Å². The highest BCUT2D eigenvalue weighted by molar-refractivity contribution is 5.05. The molecule has 0 N–H and O–H groups in total. The molecule has 4 fully saturated rings. The van der Waals surface area contributed by atoms with Gasteiger partial charge < -0.3 is 0 Å². The first-order chi connectivity index (χ1) is 11.7. The lowest BCUT2D eigenvalue weighted by Gasteiger charge is -2.56. The van der Waals surface area contributed by atoms with E-state index in [1.165, 1.54) is 51.4 Å². The molecule has 0 spiro atoms. The standard InChI is InChI=1S/C22H36F2/c1-22-11-10-19-18-7-4-15(14-24)13-16(18)5-8-20(19)21(22)9-6-17(22)3-2-12-23/h15-21H,2-14H2,1H3. The Morgan fingerprint density at radius 3 is 2.50 bits per heavy atom.